The topological polar surface area (TPSA) is 37.4 Å². The van der Waals surface area contributed by atoms with Gasteiger partial charge in [0.1, 0.15) is 0 Å². The molecule has 0 radical (unpaired) electrons. The Morgan fingerprint density at radius 3 is 2.21 bits per heavy atom. The highest BCUT2D eigenvalue weighted by Crippen LogP contribution is 2.26. The molecule has 0 bridgehead atoms. The van der Waals surface area contributed by atoms with Gasteiger partial charge in [0.25, 0.3) is 10.0 Å². The third-order valence-electron chi connectivity index (χ3n) is 3.11. The van der Waals surface area contributed by atoms with Gasteiger partial charge < -0.3 is 0 Å². The van der Waals surface area contributed by atoms with Crippen molar-refractivity contribution in [3.63, 3.8) is 0 Å². The van der Waals surface area contributed by atoms with E-state index in [9.17, 15) is 8.42 Å². The second kappa shape index (κ2) is 5.05. The molecule has 4 heteroatoms. The summed E-state index contributed by atoms with van der Waals surface area (Å²) in [5.74, 6) is 0. The van der Waals surface area contributed by atoms with Crippen LogP contribution in [0.4, 0.5) is 5.69 Å². The van der Waals surface area contributed by atoms with E-state index in [2.05, 4.69) is 0 Å². The Kier molecular flexibility index (Phi) is 3.62. The monoisotopic (exact) mass is 275 g/mol. The number of benzene rings is 2. The van der Waals surface area contributed by atoms with Gasteiger partial charge in [-0.1, -0.05) is 30.3 Å². The van der Waals surface area contributed by atoms with E-state index in [-0.39, 0.29) is 0 Å². The highest BCUT2D eigenvalue weighted by atomic mass is 32.2. The van der Waals surface area contributed by atoms with Crippen molar-refractivity contribution in [3.05, 3.63) is 59.7 Å². The molecule has 0 spiro atoms. The molecule has 0 aliphatic rings. The molecule has 2 aromatic carbocycles. The molecule has 100 valence electrons. The van der Waals surface area contributed by atoms with E-state index in [0.717, 1.165) is 11.1 Å². The predicted molar refractivity (Wildman–Crippen MR) is 77.9 cm³/mol. The first-order valence-electron chi connectivity index (χ1n) is 6.04. The minimum absolute atomic E-state index is 0.304. The summed E-state index contributed by atoms with van der Waals surface area (Å²) < 4.78 is 26.4. The van der Waals surface area contributed by atoms with Crippen LogP contribution in [0.3, 0.4) is 0 Å². The summed E-state index contributed by atoms with van der Waals surface area (Å²) in [5, 5.41) is 0. The first-order chi connectivity index (χ1) is 8.93. The summed E-state index contributed by atoms with van der Waals surface area (Å²) in [4.78, 5) is 0.304. The molecule has 2 rings (SSSR count). The Bertz CT molecular complexity index is 679. The maximum Gasteiger partial charge on any atom is 0.264 e. The van der Waals surface area contributed by atoms with Crippen molar-refractivity contribution < 1.29 is 8.42 Å². The summed E-state index contributed by atoms with van der Waals surface area (Å²) >= 11 is 0. The lowest BCUT2D eigenvalue weighted by Crippen LogP contribution is -2.27. The molecule has 0 N–H and O–H groups in total. The molecule has 0 unspecified atom stereocenters. The second-order valence-electron chi connectivity index (χ2n) is 4.58. The Balaban J connectivity index is 2.50. The van der Waals surface area contributed by atoms with Gasteiger partial charge in [-0.2, -0.15) is 0 Å². The van der Waals surface area contributed by atoms with Crippen LogP contribution in [-0.4, -0.2) is 15.5 Å². The van der Waals surface area contributed by atoms with Crippen molar-refractivity contribution in [1.82, 2.24) is 0 Å². The second-order valence-corrected chi connectivity index (χ2v) is 6.54. The smallest absolute Gasteiger partial charge is 0.264 e. The van der Waals surface area contributed by atoms with Gasteiger partial charge in [0, 0.05) is 7.05 Å². The first kappa shape index (κ1) is 13.6. The first-order valence-corrected chi connectivity index (χ1v) is 7.48. The number of rotatable bonds is 3. The van der Waals surface area contributed by atoms with E-state index in [1.807, 2.05) is 32.0 Å². The van der Waals surface area contributed by atoms with Crippen LogP contribution < -0.4 is 4.31 Å². The number of aryl methyl sites for hydroxylation is 2. The van der Waals surface area contributed by atoms with E-state index in [1.165, 1.54) is 4.31 Å². The predicted octanol–water partition coefficient (Wildman–Crippen LogP) is 3.13. The lowest BCUT2D eigenvalue weighted by Gasteiger charge is -2.21. The van der Waals surface area contributed by atoms with Gasteiger partial charge in [0.05, 0.1) is 10.6 Å². The lowest BCUT2D eigenvalue weighted by atomic mass is 10.1. The molecular formula is C15H17NO2S. The molecule has 0 amide bonds. The van der Waals surface area contributed by atoms with Crippen LogP contribution in [0.15, 0.2) is 53.4 Å². The molecular weight excluding hydrogens is 258 g/mol. The molecule has 19 heavy (non-hydrogen) atoms. The third-order valence-corrected chi connectivity index (χ3v) is 4.89. The number of hydrogen-bond donors (Lipinski definition) is 0. The van der Waals surface area contributed by atoms with Crippen molar-refractivity contribution in [2.24, 2.45) is 0 Å². The van der Waals surface area contributed by atoms with Gasteiger partial charge in [0.15, 0.2) is 0 Å². The summed E-state index contributed by atoms with van der Waals surface area (Å²) in [6.07, 6.45) is 0. The van der Waals surface area contributed by atoms with Crippen molar-refractivity contribution >= 4 is 15.7 Å². The van der Waals surface area contributed by atoms with E-state index in [1.54, 1.807) is 37.4 Å². The third kappa shape index (κ3) is 2.63. The standard InChI is InChI=1S/C15H17NO2S/c1-12-9-10-13(2)15(11-12)16(3)19(17,18)14-7-5-4-6-8-14/h4-11H,1-3H3. The van der Waals surface area contributed by atoms with Crippen LogP contribution in [0, 0.1) is 13.8 Å². The van der Waals surface area contributed by atoms with Gasteiger partial charge in [-0.05, 0) is 43.2 Å². The van der Waals surface area contributed by atoms with E-state index >= 15 is 0 Å². The molecule has 0 atom stereocenters. The molecule has 0 aliphatic carbocycles. The quantitative estimate of drug-likeness (QED) is 0.863. The van der Waals surface area contributed by atoms with Crippen molar-refractivity contribution in [3.8, 4) is 0 Å². The highest BCUT2D eigenvalue weighted by molar-refractivity contribution is 7.92. The van der Waals surface area contributed by atoms with Gasteiger partial charge in [-0.15, -0.1) is 0 Å². The molecule has 0 saturated heterocycles. The minimum Gasteiger partial charge on any atom is -0.269 e. The van der Waals surface area contributed by atoms with Gasteiger partial charge in [0.2, 0.25) is 0 Å². The molecule has 0 heterocycles. The molecule has 0 fully saturated rings. The number of anilines is 1. The lowest BCUT2D eigenvalue weighted by molar-refractivity contribution is 0.594. The van der Waals surface area contributed by atoms with Crippen molar-refractivity contribution in [2.75, 3.05) is 11.4 Å². The molecule has 3 nitrogen and oxygen atoms in total. The number of nitrogens with zero attached hydrogens (tertiary/aromatic N) is 1. The van der Waals surface area contributed by atoms with Gasteiger partial charge in [-0.25, -0.2) is 8.42 Å². The molecule has 0 aromatic heterocycles. The fourth-order valence-corrected chi connectivity index (χ4v) is 3.21. The maximum atomic E-state index is 12.5. The summed E-state index contributed by atoms with van der Waals surface area (Å²) in [6.45, 7) is 3.86. The van der Waals surface area contributed by atoms with E-state index in [0.29, 0.717) is 10.6 Å². The normalized spacial score (nSPS) is 11.3. The maximum absolute atomic E-state index is 12.5. The van der Waals surface area contributed by atoms with Crippen LogP contribution in [0.25, 0.3) is 0 Å². The Morgan fingerprint density at radius 2 is 1.58 bits per heavy atom. The molecule has 0 saturated carbocycles. The summed E-state index contributed by atoms with van der Waals surface area (Å²) in [7, 11) is -1.91. The fourth-order valence-electron chi connectivity index (χ4n) is 1.94. The van der Waals surface area contributed by atoms with Crippen LogP contribution in [0.1, 0.15) is 11.1 Å². The summed E-state index contributed by atoms with van der Waals surface area (Å²) in [5.41, 5.74) is 2.69. The Labute approximate surface area is 114 Å². The van der Waals surface area contributed by atoms with Crippen molar-refractivity contribution in [2.45, 2.75) is 18.7 Å². The van der Waals surface area contributed by atoms with Crippen LogP contribution in [0.5, 0.6) is 0 Å². The van der Waals surface area contributed by atoms with Crippen LogP contribution in [-0.2, 0) is 10.0 Å². The highest BCUT2D eigenvalue weighted by Gasteiger charge is 2.21. The minimum atomic E-state index is -3.50. The zero-order valence-corrected chi connectivity index (χ0v) is 12.1. The van der Waals surface area contributed by atoms with Gasteiger partial charge in [-0.3, -0.25) is 4.31 Å². The van der Waals surface area contributed by atoms with Crippen LogP contribution >= 0.6 is 0 Å². The van der Waals surface area contributed by atoms with E-state index in [4.69, 9.17) is 0 Å². The van der Waals surface area contributed by atoms with Gasteiger partial charge >= 0.3 is 0 Å². The molecule has 2 aromatic rings. The summed E-state index contributed by atoms with van der Waals surface area (Å²) in [6, 6.07) is 14.3. The van der Waals surface area contributed by atoms with E-state index < -0.39 is 10.0 Å². The average molecular weight is 275 g/mol. The number of sulfonamides is 1. The SMILES string of the molecule is Cc1ccc(C)c(N(C)S(=O)(=O)c2ccccc2)c1. The zero-order valence-electron chi connectivity index (χ0n) is 11.3. The number of hydrogen-bond acceptors (Lipinski definition) is 2. The zero-order chi connectivity index (χ0) is 14.0. The molecule has 0 aliphatic heterocycles. The fraction of sp³-hybridized carbons (Fsp3) is 0.200. The Hall–Kier alpha value is -1.81. The average Bonchev–Trinajstić information content (AvgIpc) is 2.41. The largest absolute Gasteiger partial charge is 0.269 e. The van der Waals surface area contributed by atoms with Crippen molar-refractivity contribution in [1.29, 1.82) is 0 Å². The Morgan fingerprint density at radius 1 is 0.947 bits per heavy atom. The van der Waals surface area contributed by atoms with Crippen LogP contribution in [0.2, 0.25) is 0 Å².